The SMILES string of the molecule is CN(C[C@H]1CN(S(=O)(=O)c2cccc(C(F)(F)F)c2)c2cc(-c3cc(F)cc(OC(F)F)c3)ccc2O1)C12CC(C(=O)O)(C1)C2. The number of alkyl halides is 5. The van der Waals surface area contributed by atoms with Crippen LogP contribution in [0.25, 0.3) is 11.1 Å². The van der Waals surface area contributed by atoms with Crippen LogP contribution in [0.5, 0.6) is 11.5 Å². The van der Waals surface area contributed by atoms with Gasteiger partial charge in [-0.1, -0.05) is 12.1 Å². The fourth-order valence-electron chi connectivity index (χ4n) is 6.54. The molecule has 1 N–H and O–H groups in total. The predicted octanol–water partition coefficient (Wildman–Crippen LogP) is 6.01. The van der Waals surface area contributed by atoms with Crippen LogP contribution < -0.4 is 13.8 Å². The number of halogens is 6. The molecular weight excluding hydrogens is 630 g/mol. The Balaban J connectivity index is 1.37. The maximum Gasteiger partial charge on any atom is 0.416 e. The maximum absolute atomic E-state index is 14.3. The Morgan fingerprint density at radius 3 is 2.44 bits per heavy atom. The molecule has 8 nitrogen and oxygen atoms in total. The lowest BCUT2D eigenvalue weighted by atomic mass is 9.39. The highest BCUT2D eigenvalue weighted by molar-refractivity contribution is 7.92. The topological polar surface area (TPSA) is 96.4 Å². The van der Waals surface area contributed by atoms with E-state index in [2.05, 4.69) is 4.74 Å². The van der Waals surface area contributed by atoms with Gasteiger partial charge < -0.3 is 14.6 Å². The van der Waals surface area contributed by atoms with E-state index < -0.39 is 62.3 Å². The second kappa shape index (κ2) is 10.5. The summed E-state index contributed by atoms with van der Waals surface area (Å²) in [6, 6.07) is 10.4. The standard InChI is InChI=1S/C30H26F6N2O6S/c1-37(29-14-28(15-29,16-29)26(39)40)12-22-13-38(45(41,42)23-4-2-3-19(10-23)30(34,35)36)24-9-17(5-6-25(24)43-22)18-7-20(31)11-21(8-18)44-27(32)33/h2-11,22,27H,12-16H2,1H3,(H,39,40)/t22-,28?,29?/m0/s1. The summed E-state index contributed by atoms with van der Waals surface area (Å²) >= 11 is 0. The molecule has 0 aromatic heterocycles. The zero-order valence-electron chi connectivity index (χ0n) is 23.5. The second-order valence-electron chi connectivity index (χ2n) is 11.8. The highest BCUT2D eigenvalue weighted by Gasteiger charge is 2.73. The monoisotopic (exact) mass is 656 g/mol. The van der Waals surface area contributed by atoms with Crippen molar-refractivity contribution in [2.75, 3.05) is 24.4 Å². The quantitative estimate of drug-likeness (QED) is 0.282. The van der Waals surface area contributed by atoms with E-state index in [0.717, 1.165) is 40.7 Å². The molecule has 0 amide bonds. The first kappa shape index (κ1) is 31.0. The molecule has 0 saturated heterocycles. The van der Waals surface area contributed by atoms with Gasteiger partial charge in [0.25, 0.3) is 10.0 Å². The summed E-state index contributed by atoms with van der Waals surface area (Å²) in [5, 5.41) is 9.49. The van der Waals surface area contributed by atoms with E-state index in [1.165, 1.54) is 18.2 Å². The first-order chi connectivity index (χ1) is 21.0. The molecule has 15 heteroatoms. The Kier molecular flexibility index (Phi) is 7.27. The number of carboxylic acids is 1. The first-order valence-corrected chi connectivity index (χ1v) is 15.2. The third-order valence-corrected chi connectivity index (χ3v) is 10.6. The molecule has 3 saturated carbocycles. The Morgan fingerprint density at radius 2 is 1.80 bits per heavy atom. The van der Waals surface area contributed by atoms with Crippen molar-refractivity contribution in [1.82, 2.24) is 4.90 Å². The number of ether oxygens (including phenoxy) is 2. The smallest absolute Gasteiger partial charge is 0.416 e. The molecule has 240 valence electrons. The van der Waals surface area contributed by atoms with Gasteiger partial charge in [-0.05, 0) is 79.9 Å². The van der Waals surface area contributed by atoms with Gasteiger partial charge in [0.1, 0.15) is 23.4 Å². The van der Waals surface area contributed by atoms with E-state index >= 15 is 0 Å². The number of anilines is 1. The van der Waals surface area contributed by atoms with E-state index in [9.17, 15) is 44.7 Å². The molecule has 3 aromatic carbocycles. The average molecular weight is 657 g/mol. The third kappa shape index (κ3) is 5.45. The van der Waals surface area contributed by atoms with Crippen LogP contribution in [0.4, 0.5) is 32.0 Å². The van der Waals surface area contributed by atoms with Crippen molar-refractivity contribution >= 4 is 21.7 Å². The molecule has 45 heavy (non-hydrogen) atoms. The number of hydrogen-bond acceptors (Lipinski definition) is 6. The molecule has 0 radical (unpaired) electrons. The van der Waals surface area contributed by atoms with Gasteiger partial charge in [0.2, 0.25) is 0 Å². The van der Waals surface area contributed by atoms with E-state index in [1.807, 2.05) is 4.90 Å². The van der Waals surface area contributed by atoms with Crippen LogP contribution >= 0.6 is 0 Å². The number of carboxylic acid groups (broad SMARTS) is 1. The second-order valence-corrected chi connectivity index (χ2v) is 13.6. The summed E-state index contributed by atoms with van der Waals surface area (Å²) in [7, 11) is -2.86. The zero-order valence-corrected chi connectivity index (χ0v) is 24.3. The Labute approximate surface area is 253 Å². The van der Waals surface area contributed by atoms with E-state index in [-0.39, 0.29) is 41.2 Å². The van der Waals surface area contributed by atoms with Gasteiger partial charge in [0.05, 0.1) is 28.1 Å². The van der Waals surface area contributed by atoms with Crippen LogP contribution in [-0.4, -0.2) is 62.8 Å². The number of hydrogen-bond donors (Lipinski definition) is 1. The summed E-state index contributed by atoms with van der Waals surface area (Å²) in [5.74, 6) is -2.16. The number of benzene rings is 3. The van der Waals surface area contributed by atoms with Gasteiger partial charge in [-0.2, -0.15) is 22.0 Å². The molecule has 0 spiro atoms. The minimum absolute atomic E-state index is 0.0558. The van der Waals surface area contributed by atoms with Gasteiger partial charge in [-0.15, -0.1) is 0 Å². The predicted molar refractivity (Wildman–Crippen MR) is 148 cm³/mol. The lowest BCUT2D eigenvalue weighted by Crippen LogP contribution is -2.77. The molecule has 3 fully saturated rings. The number of likely N-dealkylation sites (N-methyl/N-ethyl adjacent to an activating group) is 1. The van der Waals surface area contributed by atoms with Crippen molar-refractivity contribution in [3.8, 4) is 22.6 Å². The van der Waals surface area contributed by atoms with Crippen LogP contribution in [0.15, 0.2) is 65.6 Å². The van der Waals surface area contributed by atoms with Crippen molar-refractivity contribution in [2.24, 2.45) is 5.41 Å². The number of carbonyl (C=O) groups is 1. The van der Waals surface area contributed by atoms with Crippen LogP contribution in [0.3, 0.4) is 0 Å². The Bertz CT molecular complexity index is 1760. The molecule has 1 aliphatic heterocycles. The largest absolute Gasteiger partial charge is 0.485 e. The number of fused-ring (bicyclic) bond motifs is 1. The summed E-state index contributed by atoms with van der Waals surface area (Å²) < 4.78 is 120. The maximum atomic E-state index is 14.3. The molecule has 3 aliphatic carbocycles. The highest BCUT2D eigenvalue weighted by Crippen LogP contribution is 2.69. The van der Waals surface area contributed by atoms with Crippen molar-refractivity contribution in [1.29, 1.82) is 0 Å². The molecular formula is C30H26F6N2O6S. The lowest BCUT2D eigenvalue weighted by Gasteiger charge is -2.71. The lowest BCUT2D eigenvalue weighted by molar-refractivity contribution is -0.229. The summed E-state index contributed by atoms with van der Waals surface area (Å²) in [6.45, 7) is -3.36. The van der Waals surface area contributed by atoms with Gasteiger partial charge in [-0.3, -0.25) is 14.0 Å². The average Bonchev–Trinajstić information content (AvgIpc) is 2.89. The van der Waals surface area contributed by atoms with Gasteiger partial charge in [-0.25, -0.2) is 12.8 Å². The number of sulfonamides is 1. The third-order valence-electron chi connectivity index (χ3n) is 8.81. The fraction of sp³-hybridized carbons (Fsp3) is 0.367. The van der Waals surface area contributed by atoms with Crippen molar-refractivity contribution in [2.45, 2.75) is 48.6 Å². The van der Waals surface area contributed by atoms with Crippen molar-refractivity contribution in [3.63, 3.8) is 0 Å². The zero-order chi connectivity index (χ0) is 32.5. The summed E-state index contributed by atoms with van der Waals surface area (Å²) in [5.41, 5.74) is -2.07. The first-order valence-electron chi connectivity index (χ1n) is 13.7. The molecule has 1 heterocycles. The Morgan fingerprint density at radius 1 is 1.09 bits per heavy atom. The van der Waals surface area contributed by atoms with E-state index in [0.29, 0.717) is 25.3 Å². The van der Waals surface area contributed by atoms with Crippen molar-refractivity contribution < 1.29 is 54.1 Å². The molecule has 0 unspecified atom stereocenters. The van der Waals surface area contributed by atoms with Crippen LogP contribution in [-0.2, 0) is 21.0 Å². The number of nitrogens with zero attached hydrogens (tertiary/aromatic N) is 2. The van der Waals surface area contributed by atoms with Gasteiger partial charge in [0.15, 0.2) is 0 Å². The normalized spacial score (nSPS) is 24.0. The van der Waals surface area contributed by atoms with E-state index in [1.54, 1.807) is 7.05 Å². The molecule has 1 atom stereocenters. The summed E-state index contributed by atoms with van der Waals surface area (Å²) in [4.78, 5) is 12.9. The number of aliphatic carboxylic acids is 1. The van der Waals surface area contributed by atoms with Gasteiger partial charge in [0, 0.05) is 18.2 Å². The molecule has 2 bridgehead atoms. The van der Waals surface area contributed by atoms with Crippen LogP contribution in [0.1, 0.15) is 24.8 Å². The van der Waals surface area contributed by atoms with Gasteiger partial charge >= 0.3 is 18.8 Å². The highest BCUT2D eigenvalue weighted by atomic mass is 32.2. The van der Waals surface area contributed by atoms with Crippen LogP contribution in [0, 0.1) is 11.2 Å². The summed E-state index contributed by atoms with van der Waals surface area (Å²) in [6.07, 6.45) is -4.29. The van der Waals surface area contributed by atoms with Crippen molar-refractivity contribution in [3.05, 3.63) is 72.0 Å². The Hall–Kier alpha value is -3.98. The fourth-order valence-corrected chi connectivity index (χ4v) is 8.08. The van der Waals surface area contributed by atoms with E-state index in [4.69, 9.17) is 4.74 Å². The molecule has 3 aromatic rings. The van der Waals surface area contributed by atoms with Crippen LogP contribution in [0.2, 0.25) is 0 Å². The number of rotatable bonds is 9. The minimum atomic E-state index is -4.81. The minimum Gasteiger partial charge on any atom is -0.485 e. The molecule has 4 aliphatic rings. The molecule has 7 rings (SSSR count).